The van der Waals surface area contributed by atoms with E-state index in [0.29, 0.717) is 5.69 Å². The van der Waals surface area contributed by atoms with Crippen molar-refractivity contribution in [3.8, 4) is 5.75 Å². The number of hydrogen-bond donors (Lipinski definition) is 1. The van der Waals surface area contributed by atoms with E-state index in [1.807, 2.05) is 26.0 Å². The van der Waals surface area contributed by atoms with Crippen LogP contribution in [-0.2, 0) is 14.3 Å². The molecule has 0 aliphatic carbocycles. The van der Waals surface area contributed by atoms with E-state index in [4.69, 9.17) is 4.74 Å². The Labute approximate surface area is 106 Å². The van der Waals surface area contributed by atoms with Gasteiger partial charge in [-0.1, -0.05) is 0 Å². The van der Waals surface area contributed by atoms with E-state index in [1.165, 1.54) is 7.11 Å². The highest BCUT2D eigenvalue weighted by molar-refractivity contribution is 6.02. The van der Waals surface area contributed by atoms with Gasteiger partial charge in [-0.2, -0.15) is 0 Å². The van der Waals surface area contributed by atoms with Crippen LogP contribution in [0.15, 0.2) is 12.1 Å². The maximum Gasteiger partial charge on any atom is 0.315 e. The first-order valence-electron chi connectivity index (χ1n) is 5.49. The van der Waals surface area contributed by atoms with Crippen LogP contribution in [0.4, 0.5) is 5.69 Å². The molecule has 98 valence electrons. The number of anilines is 1. The molecule has 1 aromatic carbocycles. The summed E-state index contributed by atoms with van der Waals surface area (Å²) in [5.74, 6) is -0.191. The first-order valence-corrected chi connectivity index (χ1v) is 5.49. The van der Waals surface area contributed by atoms with E-state index in [9.17, 15) is 9.59 Å². The number of esters is 1. The molecule has 18 heavy (non-hydrogen) atoms. The van der Waals surface area contributed by atoms with Crippen molar-refractivity contribution in [1.29, 1.82) is 0 Å². The fraction of sp³-hybridized carbons (Fsp3) is 0.385. The molecular formula is C13H17NO4. The highest BCUT2D eigenvalue weighted by atomic mass is 16.5. The first-order chi connectivity index (χ1) is 8.47. The molecule has 1 aromatic rings. The quantitative estimate of drug-likeness (QED) is 0.654. The lowest BCUT2D eigenvalue weighted by atomic mass is 10.1. The molecule has 0 saturated carbocycles. The summed E-state index contributed by atoms with van der Waals surface area (Å²) in [5, 5.41) is 2.67. The summed E-state index contributed by atoms with van der Waals surface area (Å²) in [4.78, 5) is 22.5. The van der Waals surface area contributed by atoms with Gasteiger partial charge in [0.25, 0.3) is 0 Å². The Balaban J connectivity index is 2.82. The highest BCUT2D eigenvalue weighted by Crippen LogP contribution is 2.25. The Morgan fingerprint density at radius 2 is 1.83 bits per heavy atom. The molecule has 0 radical (unpaired) electrons. The number of carbonyl (C=O) groups is 2. The topological polar surface area (TPSA) is 64.6 Å². The van der Waals surface area contributed by atoms with Crippen LogP contribution in [0.5, 0.6) is 5.75 Å². The normalized spacial score (nSPS) is 9.78. The molecule has 0 heterocycles. The van der Waals surface area contributed by atoms with Crippen LogP contribution in [-0.4, -0.2) is 26.1 Å². The SMILES string of the molecule is COC(=O)CC(=O)Nc1cc(C)c(OC)cc1C. The van der Waals surface area contributed by atoms with Crippen LogP contribution in [0.1, 0.15) is 17.5 Å². The van der Waals surface area contributed by atoms with Gasteiger partial charge >= 0.3 is 5.97 Å². The van der Waals surface area contributed by atoms with Crippen LogP contribution in [0.2, 0.25) is 0 Å². The summed E-state index contributed by atoms with van der Waals surface area (Å²) in [6, 6.07) is 3.65. The Bertz CT molecular complexity index is 468. The monoisotopic (exact) mass is 251 g/mol. The van der Waals surface area contributed by atoms with Crippen molar-refractivity contribution < 1.29 is 19.1 Å². The zero-order chi connectivity index (χ0) is 13.7. The number of benzene rings is 1. The van der Waals surface area contributed by atoms with Gasteiger partial charge in [-0.3, -0.25) is 9.59 Å². The maximum atomic E-state index is 11.6. The minimum atomic E-state index is -0.560. The van der Waals surface area contributed by atoms with Gasteiger partial charge in [0.15, 0.2) is 0 Å². The number of nitrogens with one attached hydrogen (secondary N) is 1. The van der Waals surface area contributed by atoms with E-state index >= 15 is 0 Å². The van der Waals surface area contributed by atoms with Crippen molar-refractivity contribution in [1.82, 2.24) is 0 Å². The zero-order valence-corrected chi connectivity index (χ0v) is 11.0. The third-order valence-electron chi connectivity index (χ3n) is 2.55. The summed E-state index contributed by atoms with van der Waals surface area (Å²) in [6.45, 7) is 3.74. The third kappa shape index (κ3) is 3.48. The van der Waals surface area contributed by atoms with Crippen LogP contribution < -0.4 is 10.1 Å². The van der Waals surface area contributed by atoms with Crippen molar-refractivity contribution in [2.45, 2.75) is 20.3 Å². The van der Waals surface area contributed by atoms with Crippen molar-refractivity contribution >= 4 is 17.6 Å². The molecule has 1 rings (SSSR count). The number of amides is 1. The lowest BCUT2D eigenvalue weighted by Crippen LogP contribution is -2.17. The lowest BCUT2D eigenvalue weighted by molar-refractivity contribution is -0.142. The number of carbonyl (C=O) groups excluding carboxylic acids is 2. The molecule has 0 saturated heterocycles. The summed E-state index contributed by atoms with van der Waals surface area (Å²) >= 11 is 0. The molecule has 0 atom stereocenters. The van der Waals surface area contributed by atoms with Crippen molar-refractivity contribution in [2.75, 3.05) is 19.5 Å². The maximum absolute atomic E-state index is 11.6. The molecule has 0 unspecified atom stereocenters. The molecule has 0 aliphatic rings. The van der Waals surface area contributed by atoms with Crippen LogP contribution >= 0.6 is 0 Å². The largest absolute Gasteiger partial charge is 0.496 e. The second kappa shape index (κ2) is 6.05. The molecular weight excluding hydrogens is 234 g/mol. The number of rotatable bonds is 4. The predicted molar refractivity (Wildman–Crippen MR) is 67.7 cm³/mol. The molecule has 0 spiro atoms. The second-order valence-corrected chi connectivity index (χ2v) is 3.94. The van der Waals surface area contributed by atoms with Gasteiger partial charge in [0.1, 0.15) is 12.2 Å². The number of ether oxygens (including phenoxy) is 2. The molecule has 0 bridgehead atoms. The average molecular weight is 251 g/mol. The smallest absolute Gasteiger partial charge is 0.315 e. The van der Waals surface area contributed by atoms with Crippen molar-refractivity contribution in [3.05, 3.63) is 23.3 Å². The molecule has 0 aliphatic heterocycles. The van der Waals surface area contributed by atoms with Gasteiger partial charge in [-0.15, -0.1) is 0 Å². The van der Waals surface area contributed by atoms with Crippen molar-refractivity contribution in [3.63, 3.8) is 0 Å². The zero-order valence-electron chi connectivity index (χ0n) is 11.0. The van der Waals surface area contributed by atoms with E-state index in [-0.39, 0.29) is 6.42 Å². The fourth-order valence-electron chi connectivity index (χ4n) is 1.54. The van der Waals surface area contributed by atoms with Crippen molar-refractivity contribution in [2.24, 2.45) is 0 Å². The number of aryl methyl sites for hydroxylation is 2. The Morgan fingerprint density at radius 3 is 2.39 bits per heavy atom. The summed E-state index contributed by atoms with van der Waals surface area (Å²) in [7, 11) is 2.84. The first kappa shape index (κ1) is 14.0. The highest BCUT2D eigenvalue weighted by Gasteiger charge is 2.12. The van der Waals surface area contributed by atoms with Gasteiger partial charge in [-0.05, 0) is 37.1 Å². The minimum Gasteiger partial charge on any atom is -0.496 e. The van der Waals surface area contributed by atoms with Gasteiger partial charge < -0.3 is 14.8 Å². The Kier molecular flexibility index (Phi) is 4.71. The third-order valence-corrected chi connectivity index (χ3v) is 2.55. The number of hydrogen-bond acceptors (Lipinski definition) is 4. The molecule has 5 nitrogen and oxygen atoms in total. The summed E-state index contributed by atoms with van der Waals surface area (Å²) < 4.78 is 9.61. The lowest BCUT2D eigenvalue weighted by Gasteiger charge is -2.12. The average Bonchev–Trinajstić information content (AvgIpc) is 2.33. The van der Waals surface area contributed by atoms with Gasteiger partial charge in [0, 0.05) is 5.69 Å². The van der Waals surface area contributed by atoms with Gasteiger partial charge in [-0.25, -0.2) is 0 Å². The summed E-state index contributed by atoms with van der Waals surface area (Å²) in [5.41, 5.74) is 2.45. The predicted octanol–water partition coefficient (Wildman–Crippen LogP) is 1.81. The minimum absolute atomic E-state index is 0.291. The molecule has 0 fully saturated rings. The molecule has 5 heteroatoms. The van der Waals surface area contributed by atoms with Gasteiger partial charge in [0.05, 0.1) is 14.2 Å². The van der Waals surface area contributed by atoms with Crippen LogP contribution in [0, 0.1) is 13.8 Å². The Morgan fingerprint density at radius 1 is 1.17 bits per heavy atom. The standard InChI is InChI=1S/C13H17NO4/c1-8-6-11(17-3)9(2)5-10(8)14-12(15)7-13(16)18-4/h5-6H,7H2,1-4H3,(H,14,15). The molecule has 1 N–H and O–H groups in total. The molecule has 1 amide bonds. The molecule has 0 aromatic heterocycles. The van der Waals surface area contributed by atoms with Crippen LogP contribution in [0.3, 0.4) is 0 Å². The van der Waals surface area contributed by atoms with E-state index in [2.05, 4.69) is 10.1 Å². The fourth-order valence-corrected chi connectivity index (χ4v) is 1.54. The van der Waals surface area contributed by atoms with E-state index in [0.717, 1.165) is 16.9 Å². The second-order valence-electron chi connectivity index (χ2n) is 3.94. The Hall–Kier alpha value is -2.04. The van der Waals surface area contributed by atoms with Crippen LogP contribution in [0.25, 0.3) is 0 Å². The van der Waals surface area contributed by atoms with E-state index < -0.39 is 11.9 Å². The number of methoxy groups -OCH3 is 2. The van der Waals surface area contributed by atoms with Gasteiger partial charge in [0.2, 0.25) is 5.91 Å². The summed E-state index contributed by atoms with van der Waals surface area (Å²) in [6.07, 6.45) is -0.291. The van der Waals surface area contributed by atoms with E-state index in [1.54, 1.807) is 7.11 Å².